The second-order valence-corrected chi connectivity index (χ2v) is 8.65. The van der Waals surface area contributed by atoms with Crippen LogP contribution in [0.2, 0.25) is 0 Å². The van der Waals surface area contributed by atoms with E-state index in [2.05, 4.69) is 26.6 Å². The van der Waals surface area contributed by atoms with Gasteiger partial charge in [-0.3, -0.25) is 33.6 Å². The van der Waals surface area contributed by atoms with Crippen LogP contribution in [0, 0.1) is 0 Å². The number of nitrogens with one attached hydrogen (secondary N) is 5. The van der Waals surface area contributed by atoms with Crippen molar-refractivity contribution in [2.45, 2.75) is 38.3 Å². The van der Waals surface area contributed by atoms with Crippen LogP contribution < -0.4 is 32.3 Å². The number of primary amides is 1. The van der Waals surface area contributed by atoms with Gasteiger partial charge in [-0.05, 0) is 18.4 Å². The highest BCUT2D eigenvalue weighted by molar-refractivity contribution is 5.95. The van der Waals surface area contributed by atoms with Crippen molar-refractivity contribution in [3.05, 3.63) is 35.9 Å². The second kappa shape index (κ2) is 14.9. The normalized spacial score (nSPS) is 15.1. The zero-order chi connectivity index (χ0) is 28.1. The number of carbonyl (C=O) groups is 7. The summed E-state index contributed by atoms with van der Waals surface area (Å²) in [7, 11) is 0. The number of rotatable bonds is 13. The van der Waals surface area contributed by atoms with Crippen molar-refractivity contribution in [2.24, 2.45) is 5.73 Å². The summed E-state index contributed by atoms with van der Waals surface area (Å²) in [6.07, 6.45) is 1.06. The fraction of sp³-hybridized carbons (Fsp3) is 0.458. The predicted molar refractivity (Wildman–Crippen MR) is 134 cm³/mol. The first-order chi connectivity index (χ1) is 18.1. The Bertz CT molecular complexity index is 1050. The average Bonchev–Trinajstić information content (AvgIpc) is 3.38. The first-order valence-corrected chi connectivity index (χ1v) is 12.0. The molecule has 2 rings (SSSR count). The van der Waals surface area contributed by atoms with E-state index in [9.17, 15) is 33.6 Å². The maximum Gasteiger partial charge on any atom is 0.246 e. The fourth-order valence-electron chi connectivity index (χ4n) is 3.78. The number of benzene rings is 1. The Morgan fingerprint density at radius 3 is 2.11 bits per heavy atom. The first-order valence-electron chi connectivity index (χ1n) is 12.0. The Kier molecular flexibility index (Phi) is 11.7. The summed E-state index contributed by atoms with van der Waals surface area (Å²) in [5.41, 5.74) is 5.74. The molecule has 206 valence electrons. The third kappa shape index (κ3) is 10.2. The van der Waals surface area contributed by atoms with Gasteiger partial charge in [0.25, 0.3) is 0 Å². The molecule has 0 bridgehead atoms. The molecule has 14 nitrogen and oxygen atoms in total. The second-order valence-electron chi connectivity index (χ2n) is 8.65. The van der Waals surface area contributed by atoms with E-state index in [1.54, 1.807) is 24.3 Å². The van der Waals surface area contributed by atoms with Gasteiger partial charge in [0.2, 0.25) is 41.4 Å². The summed E-state index contributed by atoms with van der Waals surface area (Å²) in [4.78, 5) is 85.5. The zero-order valence-corrected chi connectivity index (χ0v) is 21.1. The van der Waals surface area contributed by atoms with Gasteiger partial charge in [-0.15, -0.1) is 0 Å². The fourth-order valence-corrected chi connectivity index (χ4v) is 3.78. The van der Waals surface area contributed by atoms with Gasteiger partial charge in [0.05, 0.1) is 26.2 Å². The lowest BCUT2D eigenvalue weighted by Crippen LogP contribution is -2.56. The molecular weight excluding hydrogens is 498 g/mol. The number of hydrogen-bond donors (Lipinski definition) is 6. The van der Waals surface area contributed by atoms with E-state index in [0.29, 0.717) is 12.8 Å². The molecule has 0 aromatic heterocycles. The maximum atomic E-state index is 13.5. The van der Waals surface area contributed by atoms with Gasteiger partial charge in [0.15, 0.2) is 0 Å². The average molecular weight is 532 g/mol. The number of carbonyl (C=O) groups excluding carboxylic acids is 7. The monoisotopic (exact) mass is 531 g/mol. The highest BCUT2D eigenvalue weighted by atomic mass is 16.2. The molecule has 7 amide bonds. The highest BCUT2D eigenvalue weighted by Crippen LogP contribution is 2.19. The lowest BCUT2D eigenvalue weighted by atomic mass is 10.0. The molecule has 1 heterocycles. The summed E-state index contributed by atoms with van der Waals surface area (Å²) in [6.45, 7) is 0.0651. The number of likely N-dealkylation sites (tertiary alicyclic amines) is 1. The van der Waals surface area contributed by atoms with Gasteiger partial charge >= 0.3 is 0 Å². The Morgan fingerprint density at radius 2 is 1.47 bits per heavy atom. The van der Waals surface area contributed by atoms with Crippen molar-refractivity contribution in [1.29, 1.82) is 0 Å². The van der Waals surface area contributed by atoms with E-state index in [0.717, 1.165) is 5.56 Å². The van der Waals surface area contributed by atoms with Crippen LogP contribution >= 0.6 is 0 Å². The number of hydrogen-bond acceptors (Lipinski definition) is 7. The first kappa shape index (κ1) is 29.7. The van der Waals surface area contributed by atoms with Crippen molar-refractivity contribution >= 4 is 41.4 Å². The minimum atomic E-state index is -1.02. The molecule has 1 aliphatic heterocycles. The summed E-state index contributed by atoms with van der Waals surface area (Å²) in [5.74, 6) is -3.95. The van der Waals surface area contributed by atoms with Crippen molar-refractivity contribution in [1.82, 2.24) is 31.5 Å². The summed E-state index contributed by atoms with van der Waals surface area (Å²) in [6, 6.07) is 7.10. The van der Waals surface area contributed by atoms with E-state index in [-0.39, 0.29) is 26.1 Å². The summed E-state index contributed by atoms with van der Waals surface area (Å²) >= 11 is 0. The minimum absolute atomic E-state index is 0.144. The maximum absolute atomic E-state index is 13.5. The summed E-state index contributed by atoms with van der Waals surface area (Å²) < 4.78 is 0. The van der Waals surface area contributed by atoms with Crippen LogP contribution in [0.1, 0.15) is 25.3 Å². The Labute approximate surface area is 219 Å². The number of nitrogens with zero attached hydrogens (tertiary/aromatic N) is 1. The third-order valence-corrected chi connectivity index (χ3v) is 5.58. The van der Waals surface area contributed by atoms with Crippen molar-refractivity contribution in [2.75, 3.05) is 32.7 Å². The molecule has 1 aromatic rings. The van der Waals surface area contributed by atoms with Crippen molar-refractivity contribution in [3.63, 3.8) is 0 Å². The lowest BCUT2D eigenvalue weighted by Gasteiger charge is -2.29. The molecule has 0 unspecified atom stereocenters. The molecular formula is C24H33N7O7. The van der Waals surface area contributed by atoms with E-state index >= 15 is 0 Å². The van der Waals surface area contributed by atoms with E-state index in [4.69, 9.17) is 5.73 Å². The molecule has 1 aromatic carbocycles. The topological polar surface area (TPSA) is 209 Å². The van der Waals surface area contributed by atoms with Gasteiger partial charge in [-0.1, -0.05) is 30.3 Å². The van der Waals surface area contributed by atoms with Crippen LogP contribution in [0.5, 0.6) is 0 Å². The highest BCUT2D eigenvalue weighted by Gasteiger charge is 2.37. The Balaban J connectivity index is 2.03. The van der Waals surface area contributed by atoms with E-state index < -0.39 is 66.5 Å². The molecule has 2 atom stereocenters. The molecule has 0 saturated carbocycles. The predicted octanol–water partition coefficient (Wildman–Crippen LogP) is -3.33. The van der Waals surface area contributed by atoms with Crippen LogP contribution in [0.25, 0.3) is 0 Å². The molecule has 0 aliphatic carbocycles. The molecule has 7 N–H and O–H groups in total. The van der Waals surface area contributed by atoms with Gasteiger partial charge < -0.3 is 37.2 Å². The van der Waals surface area contributed by atoms with Gasteiger partial charge in [-0.2, -0.15) is 0 Å². The number of nitrogens with two attached hydrogens (primary N) is 1. The van der Waals surface area contributed by atoms with Gasteiger partial charge in [0, 0.05) is 19.9 Å². The lowest BCUT2D eigenvalue weighted by molar-refractivity contribution is -0.141. The van der Waals surface area contributed by atoms with E-state index in [1.165, 1.54) is 11.8 Å². The molecule has 0 radical (unpaired) electrons. The molecule has 1 saturated heterocycles. The molecule has 38 heavy (non-hydrogen) atoms. The zero-order valence-electron chi connectivity index (χ0n) is 21.1. The van der Waals surface area contributed by atoms with Crippen LogP contribution in [0.4, 0.5) is 0 Å². The summed E-state index contributed by atoms with van der Waals surface area (Å²) in [5, 5.41) is 12.0. The van der Waals surface area contributed by atoms with Gasteiger partial charge in [-0.25, -0.2) is 0 Å². The molecule has 0 spiro atoms. The molecule has 1 aliphatic rings. The largest absolute Gasteiger partial charge is 0.368 e. The minimum Gasteiger partial charge on any atom is -0.368 e. The molecule has 1 fully saturated rings. The van der Waals surface area contributed by atoms with Crippen LogP contribution in [-0.2, 0) is 40.0 Å². The van der Waals surface area contributed by atoms with Crippen LogP contribution in [0.3, 0.4) is 0 Å². The third-order valence-electron chi connectivity index (χ3n) is 5.58. The standard InChI is InChI=1S/C24H33N7O7/c1-15(32)26-12-20(34)28-14-22(36)30-17(10-16-6-3-2-4-7-16)24(38)31-9-5-8-18(31)23(37)29-13-21(35)27-11-19(25)33/h2-4,6-7,17-18H,5,8-14H2,1H3,(H2,25,33)(H,26,32)(H,27,35)(H,28,34)(H,29,37)(H,30,36)/t17-,18-/m0/s1. The molecule has 14 heteroatoms. The van der Waals surface area contributed by atoms with Gasteiger partial charge in [0.1, 0.15) is 12.1 Å². The van der Waals surface area contributed by atoms with Crippen LogP contribution in [0.15, 0.2) is 30.3 Å². The number of amides is 7. The van der Waals surface area contributed by atoms with Crippen molar-refractivity contribution in [3.8, 4) is 0 Å². The van der Waals surface area contributed by atoms with E-state index in [1.807, 2.05) is 6.07 Å². The van der Waals surface area contributed by atoms with Crippen LogP contribution in [-0.4, -0.2) is 91.1 Å². The quantitative estimate of drug-likeness (QED) is 0.152. The Morgan fingerprint density at radius 1 is 0.868 bits per heavy atom. The smallest absolute Gasteiger partial charge is 0.246 e. The Hall–Kier alpha value is -4.49. The van der Waals surface area contributed by atoms with Crippen molar-refractivity contribution < 1.29 is 33.6 Å². The SMILES string of the molecule is CC(=O)NCC(=O)NCC(=O)N[C@@H](Cc1ccccc1)C(=O)N1CCC[C@H]1C(=O)NCC(=O)NCC(N)=O.